The molecule has 0 amide bonds. The molecule has 0 unspecified atom stereocenters. The lowest BCUT2D eigenvalue weighted by Gasteiger charge is -2.34. The van der Waals surface area contributed by atoms with Crippen LogP contribution in [0.3, 0.4) is 0 Å². The summed E-state index contributed by atoms with van der Waals surface area (Å²) in [6.07, 6.45) is 12.2. The van der Waals surface area contributed by atoms with Gasteiger partial charge in [0.15, 0.2) is 0 Å². The van der Waals surface area contributed by atoms with Gasteiger partial charge in [-0.15, -0.1) is 0 Å². The maximum Gasteiger partial charge on any atom is 0.0710 e. The second-order valence-electron chi connectivity index (χ2n) is 5.99. The van der Waals surface area contributed by atoms with E-state index in [9.17, 15) is 0 Å². The summed E-state index contributed by atoms with van der Waals surface area (Å²) in [4.78, 5) is 4.18. The molecule has 0 bridgehead atoms. The summed E-state index contributed by atoms with van der Waals surface area (Å²) in [5.41, 5.74) is 3.66. The average Bonchev–Trinajstić information content (AvgIpc) is 2.95. The summed E-state index contributed by atoms with van der Waals surface area (Å²) >= 11 is 0. The first-order chi connectivity index (χ1) is 9.77. The van der Waals surface area contributed by atoms with Crippen LogP contribution in [0.1, 0.15) is 44.6 Å². The highest BCUT2D eigenvalue weighted by Crippen LogP contribution is 2.28. The van der Waals surface area contributed by atoms with E-state index in [1.807, 2.05) is 18.5 Å². The average molecular weight is 270 g/mol. The standard InChI is InChI=1S/C16H22N4/c1-16(7-3-2-4-8-16)18-11-14-12-19-20-15(14)13-6-5-9-17-10-13/h5-6,9-10,12,18H,2-4,7-8,11H2,1H3,(H,19,20). The summed E-state index contributed by atoms with van der Waals surface area (Å²) in [6, 6.07) is 4.02. The van der Waals surface area contributed by atoms with Crippen molar-refractivity contribution in [3.8, 4) is 11.3 Å². The SMILES string of the molecule is CC1(NCc2cn[nH]c2-c2cccnc2)CCCCC1. The van der Waals surface area contributed by atoms with Crippen LogP contribution in [0.25, 0.3) is 11.3 Å². The molecule has 1 saturated carbocycles. The number of H-pyrrole nitrogens is 1. The molecule has 2 aromatic heterocycles. The molecule has 0 spiro atoms. The van der Waals surface area contributed by atoms with Crippen LogP contribution in [-0.4, -0.2) is 20.7 Å². The third-order valence-corrected chi connectivity index (χ3v) is 4.33. The monoisotopic (exact) mass is 270 g/mol. The van der Waals surface area contributed by atoms with Gasteiger partial charge < -0.3 is 5.32 Å². The zero-order valence-corrected chi connectivity index (χ0v) is 12.0. The summed E-state index contributed by atoms with van der Waals surface area (Å²) in [7, 11) is 0. The molecule has 0 atom stereocenters. The van der Waals surface area contributed by atoms with Gasteiger partial charge in [0.05, 0.1) is 11.9 Å². The molecule has 0 saturated heterocycles. The minimum absolute atomic E-state index is 0.279. The molecule has 20 heavy (non-hydrogen) atoms. The molecule has 3 rings (SSSR count). The van der Waals surface area contributed by atoms with Crippen LogP contribution in [0.5, 0.6) is 0 Å². The highest BCUT2D eigenvalue weighted by molar-refractivity contribution is 5.61. The Labute approximate surface area is 120 Å². The van der Waals surface area contributed by atoms with Crippen LogP contribution in [0.15, 0.2) is 30.7 Å². The molecule has 1 aliphatic carbocycles. The fourth-order valence-corrected chi connectivity index (χ4v) is 3.02. The quantitative estimate of drug-likeness (QED) is 0.896. The van der Waals surface area contributed by atoms with Crippen molar-refractivity contribution in [2.45, 2.75) is 51.1 Å². The van der Waals surface area contributed by atoms with E-state index in [0.717, 1.165) is 17.8 Å². The van der Waals surface area contributed by atoms with E-state index < -0.39 is 0 Å². The largest absolute Gasteiger partial charge is 0.307 e. The molecule has 1 aliphatic rings. The van der Waals surface area contributed by atoms with Gasteiger partial charge in [-0.2, -0.15) is 5.10 Å². The molecule has 2 aromatic rings. The maximum absolute atomic E-state index is 4.19. The van der Waals surface area contributed by atoms with Crippen LogP contribution < -0.4 is 5.32 Å². The van der Waals surface area contributed by atoms with Crippen molar-refractivity contribution in [2.75, 3.05) is 0 Å². The van der Waals surface area contributed by atoms with Gasteiger partial charge in [-0.3, -0.25) is 10.1 Å². The molecule has 4 nitrogen and oxygen atoms in total. The van der Waals surface area contributed by atoms with E-state index >= 15 is 0 Å². The molecule has 0 radical (unpaired) electrons. The molecule has 4 heteroatoms. The predicted octanol–water partition coefficient (Wildman–Crippen LogP) is 3.28. The Morgan fingerprint density at radius 1 is 1.25 bits per heavy atom. The van der Waals surface area contributed by atoms with Crippen LogP contribution in [0, 0.1) is 0 Å². The van der Waals surface area contributed by atoms with Crippen molar-refractivity contribution in [1.82, 2.24) is 20.5 Å². The zero-order valence-electron chi connectivity index (χ0n) is 12.0. The molecule has 0 aliphatic heterocycles. The smallest absolute Gasteiger partial charge is 0.0710 e. The normalized spacial score (nSPS) is 18.1. The number of pyridine rings is 1. The van der Waals surface area contributed by atoms with Gasteiger partial charge in [-0.05, 0) is 31.9 Å². The Morgan fingerprint density at radius 2 is 2.10 bits per heavy atom. The van der Waals surface area contributed by atoms with E-state index in [-0.39, 0.29) is 5.54 Å². The molecule has 106 valence electrons. The number of hydrogen-bond acceptors (Lipinski definition) is 3. The van der Waals surface area contributed by atoms with Gasteiger partial charge in [-0.25, -0.2) is 0 Å². The lowest BCUT2D eigenvalue weighted by molar-refractivity contribution is 0.252. The third kappa shape index (κ3) is 2.90. The van der Waals surface area contributed by atoms with Crippen molar-refractivity contribution in [1.29, 1.82) is 0 Å². The zero-order chi connectivity index (χ0) is 13.8. The minimum atomic E-state index is 0.279. The van der Waals surface area contributed by atoms with Crippen molar-refractivity contribution >= 4 is 0 Å². The molecule has 2 heterocycles. The number of nitrogens with zero attached hydrogens (tertiary/aromatic N) is 2. The number of aromatic amines is 1. The van der Waals surface area contributed by atoms with Crippen LogP contribution in [0.4, 0.5) is 0 Å². The van der Waals surface area contributed by atoms with Crippen LogP contribution >= 0.6 is 0 Å². The van der Waals surface area contributed by atoms with Crippen LogP contribution in [0.2, 0.25) is 0 Å². The van der Waals surface area contributed by atoms with Crippen molar-refractivity contribution in [3.63, 3.8) is 0 Å². The van der Waals surface area contributed by atoms with Crippen molar-refractivity contribution in [3.05, 3.63) is 36.3 Å². The predicted molar refractivity (Wildman–Crippen MR) is 80.1 cm³/mol. The highest BCUT2D eigenvalue weighted by Gasteiger charge is 2.26. The Bertz CT molecular complexity index is 541. The lowest BCUT2D eigenvalue weighted by Crippen LogP contribution is -2.43. The van der Waals surface area contributed by atoms with Gasteiger partial charge in [0, 0.05) is 35.6 Å². The number of aromatic nitrogens is 3. The Hall–Kier alpha value is -1.68. The summed E-state index contributed by atoms with van der Waals surface area (Å²) in [5.74, 6) is 0. The topological polar surface area (TPSA) is 53.6 Å². The summed E-state index contributed by atoms with van der Waals surface area (Å²) in [6.45, 7) is 3.20. The molecule has 1 fully saturated rings. The highest BCUT2D eigenvalue weighted by atomic mass is 15.1. The Morgan fingerprint density at radius 3 is 2.85 bits per heavy atom. The number of rotatable bonds is 4. The molecule has 2 N–H and O–H groups in total. The second kappa shape index (κ2) is 5.75. The first-order valence-corrected chi connectivity index (χ1v) is 7.45. The van der Waals surface area contributed by atoms with E-state index in [1.54, 1.807) is 6.20 Å². The Balaban J connectivity index is 1.71. The van der Waals surface area contributed by atoms with Gasteiger partial charge >= 0.3 is 0 Å². The number of hydrogen-bond donors (Lipinski definition) is 2. The van der Waals surface area contributed by atoms with E-state index in [1.165, 1.54) is 37.7 Å². The van der Waals surface area contributed by atoms with E-state index in [4.69, 9.17) is 0 Å². The third-order valence-electron chi connectivity index (χ3n) is 4.33. The summed E-state index contributed by atoms with van der Waals surface area (Å²) < 4.78 is 0. The van der Waals surface area contributed by atoms with E-state index in [0.29, 0.717) is 0 Å². The minimum Gasteiger partial charge on any atom is -0.307 e. The van der Waals surface area contributed by atoms with E-state index in [2.05, 4.69) is 33.5 Å². The van der Waals surface area contributed by atoms with Crippen molar-refractivity contribution in [2.24, 2.45) is 0 Å². The second-order valence-corrected chi connectivity index (χ2v) is 5.99. The van der Waals surface area contributed by atoms with Crippen LogP contribution in [-0.2, 0) is 6.54 Å². The maximum atomic E-state index is 4.19. The molecular weight excluding hydrogens is 248 g/mol. The van der Waals surface area contributed by atoms with Gasteiger partial charge in [-0.1, -0.05) is 19.3 Å². The van der Waals surface area contributed by atoms with Gasteiger partial charge in [0.25, 0.3) is 0 Å². The summed E-state index contributed by atoms with van der Waals surface area (Å²) in [5, 5.41) is 11.0. The van der Waals surface area contributed by atoms with Gasteiger partial charge in [0.1, 0.15) is 0 Å². The fraction of sp³-hybridized carbons (Fsp3) is 0.500. The van der Waals surface area contributed by atoms with Gasteiger partial charge in [0.2, 0.25) is 0 Å². The fourth-order valence-electron chi connectivity index (χ4n) is 3.02. The van der Waals surface area contributed by atoms with Crippen molar-refractivity contribution < 1.29 is 0 Å². The first kappa shape index (κ1) is 13.3. The molecule has 0 aromatic carbocycles. The Kier molecular flexibility index (Phi) is 3.83. The molecular formula is C16H22N4. The lowest BCUT2D eigenvalue weighted by atomic mass is 9.83. The first-order valence-electron chi connectivity index (χ1n) is 7.45. The number of nitrogens with one attached hydrogen (secondary N) is 2.